The predicted molar refractivity (Wildman–Crippen MR) is 66.4 cm³/mol. The Labute approximate surface area is 102 Å². The molecule has 1 atom stereocenters. The zero-order chi connectivity index (χ0) is 12.5. The SMILES string of the molecule is CC(C)(C)N1CCO[C@@H](c2cccc(F)c2)C1. The lowest BCUT2D eigenvalue weighted by Gasteiger charge is -2.41. The Morgan fingerprint density at radius 3 is 2.76 bits per heavy atom. The summed E-state index contributed by atoms with van der Waals surface area (Å²) in [7, 11) is 0. The van der Waals surface area contributed by atoms with Gasteiger partial charge in [0.05, 0.1) is 12.7 Å². The molecule has 1 aromatic rings. The Morgan fingerprint density at radius 1 is 1.35 bits per heavy atom. The summed E-state index contributed by atoms with van der Waals surface area (Å²) in [5, 5.41) is 0. The highest BCUT2D eigenvalue weighted by molar-refractivity contribution is 5.19. The highest BCUT2D eigenvalue weighted by Gasteiger charge is 2.29. The fourth-order valence-corrected chi connectivity index (χ4v) is 2.17. The summed E-state index contributed by atoms with van der Waals surface area (Å²) in [6.45, 7) is 9.06. The zero-order valence-electron chi connectivity index (χ0n) is 10.7. The first kappa shape index (κ1) is 12.5. The highest BCUT2D eigenvalue weighted by atomic mass is 19.1. The van der Waals surface area contributed by atoms with E-state index in [1.165, 1.54) is 6.07 Å². The van der Waals surface area contributed by atoms with Gasteiger partial charge in [0, 0.05) is 18.6 Å². The van der Waals surface area contributed by atoms with Crippen molar-refractivity contribution in [2.45, 2.75) is 32.4 Å². The lowest BCUT2D eigenvalue weighted by molar-refractivity contribution is -0.0597. The maximum Gasteiger partial charge on any atom is 0.123 e. The zero-order valence-corrected chi connectivity index (χ0v) is 10.7. The Balaban J connectivity index is 2.12. The number of ether oxygens (including phenoxy) is 1. The van der Waals surface area contributed by atoms with E-state index in [0.29, 0.717) is 6.61 Å². The molecule has 1 fully saturated rings. The Bertz CT molecular complexity index is 386. The second-order valence-electron chi connectivity index (χ2n) is 5.53. The summed E-state index contributed by atoms with van der Waals surface area (Å²) in [5.74, 6) is -0.195. The molecule has 2 nitrogen and oxygen atoms in total. The monoisotopic (exact) mass is 237 g/mol. The van der Waals surface area contributed by atoms with E-state index in [2.05, 4.69) is 25.7 Å². The summed E-state index contributed by atoms with van der Waals surface area (Å²) in [6.07, 6.45) is -0.0151. The van der Waals surface area contributed by atoms with Gasteiger partial charge in [0.1, 0.15) is 5.82 Å². The van der Waals surface area contributed by atoms with Crippen LogP contribution < -0.4 is 0 Å². The van der Waals surface area contributed by atoms with Gasteiger partial charge in [-0.3, -0.25) is 4.90 Å². The van der Waals surface area contributed by atoms with Crippen LogP contribution >= 0.6 is 0 Å². The number of halogens is 1. The third-order valence-corrected chi connectivity index (χ3v) is 3.24. The van der Waals surface area contributed by atoms with E-state index in [0.717, 1.165) is 18.7 Å². The standard InChI is InChI=1S/C14H20FNO/c1-14(2,3)16-7-8-17-13(10-16)11-5-4-6-12(15)9-11/h4-6,9,13H,7-8,10H2,1-3H3/t13-/m1/s1. The summed E-state index contributed by atoms with van der Waals surface area (Å²) in [4.78, 5) is 2.38. The number of hydrogen-bond acceptors (Lipinski definition) is 2. The van der Waals surface area contributed by atoms with Crippen LogP contribution in [0.25, 0.3) is 0 Å². The van der Waals surface area contributed by atoms with Crippen molar-refractivity contribution < 1.29 is 9.13 Å². The van der Waals surface area contributed by atoms with Gasteiger partial charge in [-0.1, -0.05) is 12.1 Å². The van der Waals surface area contributed by atoms with E-state index in [-0.39, 0.29) is 17.5 Å². The van der Waals surface area contributed by atoms with Gasteiger partial charge in [-0.25, -0.2) is 4.39 Å². The van der Waals surface area contributed by atoms with Gasteiger partial charge in [0.25, 0.3) is 0 Å². The average Bonchev–Trinajstić information content (AvgIpc) is 2.28. The van der Waals surface area contributed by atoms with Crippen molar-refractivity contribution in [3.05, 3.63) is 35.6 Å². The predicted octanol–water partition coefficient (Wildman–Crippen LogP) is 3.00. The third kappa shape index (κ3) is 3.05. The van der Waals surface area contributed by atoms with Crippen LogP contribution in [0.3, 0.4) is 0 Å². The van der Waals surface area contributed by atoms with Crippen molar-refractivity contribution in [1.82, 2.24) is 4.90 Å². The molecular formula is C14H20FNO. The molecule has 0 saturated carbocycles. The normalized spacial score (nSPS) is 22.7. The highest BCUT2D eigenvalue weighted by Crippen LogP contribution is 2.26. The molecule has 1 aromatic carbocycles. The van der Waals surface area contributed by atoms with Crippen LogP contribution in [0.4, 0.5) is 4.39 Å². The lowest BCUT2D eigenvalue weighted by Crippen LogP contribution is -2.48. The molecule has 2 rings (SSSR count). The van der Waals surface area contributed by atoms with Crippen molar-refractivity contribution in [3.63, 3.8) is 0 Å². The molecule has 0 amide bonds. The summed E-state index contributed by atoms with van der Waals surface area (Å²) in [5.41, 5.74) is 1.06. The van der Waals surface area contributed by atoms with Crippen LogP contribution in [-0.4, -0.2) is 30.1 Å². The maximum absolute atomic E-state index is 13.2. The van der Waals surface area contributed by atoms with E-state index >= 15 is 0 Å². The van der Waals surface area contributed by atoms with Gasteiger partial charge < -0.3 is 4.74 Å². The van der Waals surface area contributed by atoms with E-state index in [1.54, 1.807) is 12.1 Å². The molecule has 1 aliphatic heterocycles. The quantitative estimate of drug-likeness (QED) is 0.744. The molecule has 0 aromatic heterocycles. The molecule has 17 heavy (non-hydrogen) atoms. The molecular weight excluding hydrogens is 217 g/mol. The summed E-state index contributed by atoms with van der Waals surface area (Å²) in [6, 6.07) is 6.70. The number of benzene rings is 1. The van der Waals surface area contributed by atoms with Gasteiger partial charge >= 0.3 is 0 Å². The minimum atomic E-state index is -0.195. The van der Waals surface area contributed by atoms with Crippen molar-refractivity contribution in [1.29, 1.82) is 0 Å². The van der Waals surface area contributed by atoms with Crippen molar-refractivity contribution in [2.24, 2.45) is 0 Å². The molecule has 1 saturated heterocycles. The average molecular weight is 237 g/mol. The molecule has 3 heteroatoms. The number of hydrogen-bond donors (Lipinski definition) is 0. The molecule has 0 spiro atoms. The molecule has 0 bridgehead atoms. The van der Waals surface area contributed by atoms with Gasteiger partial charge in [-0.15, -0.1) is 0 Å². The van der Waals surface area contributed by atoms with Crippen LogP contribution in [-0.2, 0) is 4.74 Å². The third-order valence-electron chi connectivity index (χ3n) is 3.24. The second kappa shape index (κ2) is 4.75. The molecule has 0 radical (unpaired) electrons. The first-order chi connectivity index (χ1) is 7.97. The largest absolute Gasteiger partial charge is 0.371 e. The van der Waals surface area contributed by atoms with Gasteiger partial charge in [-0.05, 0) is 38.5 Å². The van der Waals surface area contributed by atoms with Crippen LogP contribution in [0, 0.1) is 5.82 Å². The fourth-order valence-electron chi connectivity index (χ4n) is 2.17. The van der Waals surface area contributed by atoms with Gasteiger partial charge in [0.15, 0.2) is 0 Å². The Morgan fingerprint density at radius 2 is 2.12 bits per heavy atom. The molecule has 1 aliphatic rings. The number of rotatable bonds is 1. The van der Waals surface area contributed by atoms with Crippen molar-refractivity contribution in [3.8, 4) is 0 Å². The molecule has 0 N–H and O–H groups in total. The molecule has 1 heterocycles. The second-order valence-corrected chi connectivity index (χ2v) is 5.53. The topological polar surface area (TPSA) is 12.5 Å². The van der Waals surface area contributed by atoms with E-state index in [9.17, 15) is 4.39 Å². The van der Waals surface area contributed by atoms with Crippen LogP contribution in [0.1, 0.15) is 32.4 Å². The van der Waals surface area contributed by atoms with Gasteiger partial charge in [0.2, 0.25) is 0 Å². The summed E-state index contributed by atoms with van der Waals surface area (Å²) < 4.78 is 18.9. The number of nitrogens with zero attached hydrogens (tertiary/aromatic N) is 1. The fraction of sp³-hybridized carbons (Fsp3) is 0.571. The maximum atomic E-state index is 13.2. The lowest BCUT2D eigenvalue weighted by atomic mass is 10.0. The van der Waals surface area contributed by atoms with Crippen molar-refractivity contribution in [2.75, 3.05) is 19.7 Å². The first-order valence-corrected chi connectivity index (χ1v) is 6.09. The Kier molecular flexibility index (Phi) is 3.50. The van der Waals surface area contributed by atoms with Crippen LogP contribution in [0.2, 0.25) is 0 Å². The minimum Gasteiger partial charge on any atom is -0.371 e. The summed E-state index contributed by atoms with van der Waals surface area (Å²) >= 11 is 0. The Hall–Kier alpha value is -0.930. The van der Waals surface area contributed by atoms with Gasteiger partial charge in [-0.2, -0.15) is 0 Å². The smallest absolute Gasteiger partial charge is 0.123 e. The first-order valence-electron chi connectivity index (χ1n) is 6.09. The van der Waals surface area contributed by atoms with E-state index in [1.807, 2.05) is 6.07 Å². The van der Waals surface area contributed by atoms with Crippen LogP contribution in [0.15, 0.2) is 24.3 Å². The van der Waals surface area contributed by atoms with E-state index in [4.69, 9.17) is 4.74 Å². The minimum absolute atomic E-state index is 0.0151. The van der Waals surface area contributed by atoms with Crippen LogP contribution in [0.5, 0.6) is 0 Å². The molecule has 0 unspecified atom stereocenters. The number of morpholine rings is 1. The van der Waals surface area contributed by atoms with E-state index < -0.39 is 0 Å². The molecule has 0 aliphatic carbocycles. The molecule has 94 valence electrons. The van der Waals surface area contributed by atoms with Crippen molar-refractivity contribution >= 4 is 0 Å².